The Morgan fingerprint density at radius 2 is 1.62 bits per heavy atom. The van der Waals surface area contributed by atoms with Gasteiger partial charge in [0.15, 0.2) is 0 Å². The topological polar surface area (TPSA) is 70.2 Å². The smallest absolute Gasteiger partial charge is 0.225 e. The van der Waals surface area contributed by atoms with E-state index in [1.165, 1.54) is 12.8 Å². The average Bonchev–Trinajstić information content (AvgIpc) is 2.72. The van der Waals surface area contributed by atoms with Crippen LogP contribution in [0.25, 0.3) is 0 Å². The predicted octanol–water partition coefficient (Wildman–Crippen LogP) is 1.19. The van der Waals surface area contributed by atoms with Gasteiger partial charge in [0, 0.05) is 37.0 Å². The summed E-state index contributed by atoms with van der Waals surface area (Å²) in [5.41, 5.74) is -0.377. The van der Waals surface area contributed by atoms with Crippen LogP contribution in [0, 0.1) is 11.3 Å². The van der Waals surface area contributed by atoms with Gasteiger partial charge in [0.25, 0.3) is 0 Å². The molecule has 2 rings (SSSR count). The number of hydrogen-bond donors (Lipinski definition) is 3. The Labute approximate surface area is 127 Å². The van der Waals surface area contributed by atoms with Crippen LogP contribution in [-0.4, -0.2) is 37.0 Å². The van der Waals surface area contributed by atoms with Gasteiger partial charge in [-0.1, -0.05) is 20.8 Å². The molecule has 2 unspecified atom stereocenters. The first-order valence-electron chi connectivity index (χ1n) is 8.15. The molecule has 2 aliphatic heterocycles. The molecule has 0 aliphatic carbocycles. The van der Waals surface area contributed by atoms with Gasteiger partial charge in [-0.05, 0) is 31.6 Å². The van der Waals surface area contributed by atoms with Crippen LogP contribution in [0.15, 0.2) is 0 Å². The van der Waals surface area contributed by atoms with Gasteiger partial charge in [-0.3, -0.25) is 9.59 Å². The number of fused-ring (bicyclic) bond motifs is 2. The molecule has 2 aliphatic rings. The fourth-order valence-electron chi connectivity index (χ4n) is 3.32. The van der Waals surface area contributed by atoms with Crippen LogP contribution in [0.3, 0.4) is 0 Å². The van der Waals surface area contributed by atoms with Crippen molar-refractivity contribution in [1.82, 2.24) is 16.0 Å². The maximum Gasteiger partial charge on any atom is 0.225 e. The van der Waals surface area contributed by atoms with Crippen LogP contribution in [-0.2, 0) is 9.59 Å². The summed E-state index contributed by atoms with van der Waals surface area (Å²) in [5, 5.41) is 9.35. The van der Waals surface area contributed by atoms with E-state index >= 15 is 0 Å². The Hall–Kier alpha value is -1.10. The molecule has 0 radical (unpaired) electrons. The maximum atomic E-state index is 11.9. The van der Waals surface area contributed by atoms with Gasteiger partial charge in [0.05, 0.1) is 0 Å². The number of amides is 2. The molecule has 21 heavy (non-hydrogen) atoms. The van der Waals surface area contributed by atoms with Crippen LogP contribution in [0.1, 0.15) is 52.9 Å². The molecule has 2 fully saturated rings. The second-order valence-electron chi connectivity index (χ2n) is 7.54. The summed E-state index contributed by atoms with van der Waals surface area (Å²) in [6.45, 7) is 6.66. The normalized spacial score (nSPS) is 28.2. The molecule has 2 atom stereocenters. The molecule has 2 saturated heterocycles. The number of hydrogen-bond acceptors (Lipinski definition) is 3. The first kappa shape index (κ1) is 16.3. The standard InChI is InChI=1S/C16H29N3O2/c1-16(2,3)15(21)18-7-6-17-14(20)10-11-8-12-4-5-13(9-11)19-12/h11-13,19H,4-10H2,1-3H3,(H,17,20)(H,18,21). The molecule has 2 bridgehead atoms. The van der Waals surface area contributed by atoms with Crippen molar-refractivity contribution in [2.24, 2.45) is 11.3 Å². The summed E-state index contributed by atoms with van der Waals surface area (Å²) in [7, 11) is 0. The van der Waals surface area contributed by atoms with E-state index in [2.05, 4.69) is 16.0 Å². The summed E-state index contributed by atoms with van der Waals surface area (Å²) in [4.78, 5) is 23.6. The minimum atomic E-state index is -0.377. The lowest BCUT2D eigenvalue weighted by atomic mass is 9.89. The SMILES string of the molecule is CC(C)(C)C(=O)NCCNC(=O)CC1CC2CCC(C1)N2. The Balaban J connectivity index is 1.59. The van der Waals surface area contributed by atoms with Crippen molar-refractivity contribution in [2.75, 3.05) is 13.1 Å². The first-order chi connectivity index (χ1) is 9.84. The third-order valence-corrected chi connectivity index (χ3v) is 4.46. The van der Waals surface area contributed by atoms with Crippen molar-refractivity contribution >= 4 is 11.8 Å². The number of carbonyl (C=O) groups excluding carboxylic acids is 2. The van der Waals surface area contributed by atoms with Crippen LogP contribution in [0.5, 0.6) is 0 Å². The summed E-state index contributed by atoms with van der Waals surface area (Å²) in [6.07, 6.45) is 5.42. The van der Waals surface area contributed by atoms with Gasteiger partial charge < -0.3 is 16.0 Å². The lowest BCUT2D eigenvalue weighted by Crippen LogP contribution is -2.41. The minimum Gasteiger partial charge on any atom is -0.354 e. The summed E-state index contributed by atoms with van der Waals surface area (Å²) in [5.74, 6) is 0.658. The molecule has 120 valence electrons. The molecule has 0 aromatic heterocycles. The summed E-state index contributed by atoms with van der Waals surface area (Å²) < 4.78 is 0. The van der Waals surface area contributed by atoms with Crippen molar-refractivity contribution in [1.29, 1.82) is 0 Å². The largest absolute Gasteiger partial charge is 0.354 e. The van der Waals surface area contributed by atoms with E-state index in [-0.39, 0.29) is 17.2 Å². The molecule has 5 nitrogen and oxygen atoms in total. The lowest BCUT2D eigenvalue weighted by Gasteiger charge is -2.28. The molecule has 2 amide bonds. The van der Waals surface area contributed by atoms with E-state index in [4.69, 9.17) is 0 Å². The van der Waals surface area contributed by atoms with Crippen molar-refractivity contribution in [3.05, 3.63) is 0 Å². The Kier molecular flexibility index (Phi) is 5.25. The second-order valence-corrected chi connectivity index (χ2v) is 7.54. The van der Waals surface area contributed by atoms with Gasteiger partial charge in [-0.15, -0.1) is 0 Å². The van der Waals surface area contributed by atoms with Crippen molar-refractivity contribution in [3.63, 3.8) is 0 Å². The monoisotopic (exact) mass is 295 g/mol. The Morgan fingerprint density at radius 3 is 2.19 bits per heavy atom. The van der Waals surface area contributed by atoms with Gasteiger partial charge >= 0.3 is 0 Å². The fourth-order valence-corrected chi connectivity index (χ4v) is 3.32. The van der Waals surface area contributed by atoms with Gasteiger partial charge in [-0.2, -0.15) is 0 Å². The third-order valence-electron chi connectivity index (χ3n) is 4.46. The van der Waals surface area contributed by atoms with E-state index in [0.29, 0.717) is 37.5 Å². The maximum absolute atomic E-state index is 11.9. The van der Waals surface area contributed by atoms with Crippen LogP contribution in [0.2, 0.25) is 0 Å². The highest BCUT2D eigenvalue weighted by Gasteiger charge is 2.34. The van der Waals surface area contributed by atoms with E-state index < -0.39 is 0 Å². The first-order valence-corrected chi connectivity index (χ1v) is 8.15. The number of rotatable bonds is 5. The highest BCUT2D eigenvalue weighted by molar-refractivity contribution is 5.81. The molecule has 0 aromatic carbocycles. The molecule has 0 spiro atoms. The minimum absolute atomic E-state index is 0.0201. The van der Waals surface area contributed by atoms with E-state index in [1.54, 1.807) is 0 Å². The average molecular weight is 295 g/mol. The summed E-state index contributed by atoms with van der Waals surface area (Å²) in [6, 6.07) is 1.26. The predicted molar refractivity (Wildman–Crippen MR) is 82.8 cm³/mol. The van der Waals surface area contributed by atoms with E-state index in [9.17, 15) is 9.59 Å². The highest BCUT2D eigenvalue weighted by Crippen LogP contribution is 2.32. The fraction of sp³-hybridized carbons (Fsp3) is 0.875. The third kappa shape index (κ3) is 4.99. The van der Waals surface area contributed by atoms with Crippen LogP contribution < -0.4 is 16.0 Å². The summed E-state index contributed by atoms with van der Waals surface area (Å²) >= 11 is 0. The van der Waals surface area contributed by atoms with Gasteiger partial charge in [0.2, 0.25) is 11.8 Å². The molecular weight excluding hydrogens is 266 g/mol. The zero-order chi connectivity index (χ0) is 15.5. The zero-order valence-corrected chi connectivity index (χ0v) is 13.5. The highest BCUT2D eigenvalue weighted by atomic mass is 16.2. The molecular formula is C16H29N3O2. The van der Waals surface area contributed by atoms with Crippen LogP contribution in [0.4, 0.5) is 0 Å². The van der Waals surface area contributed by atoms with E-state index in [1.807, 2.05) is 20.8 Å². The zero-order valence-electron chi connectivity index (χ0n) is 13.5. The Morgan fingerprint density at radius 1 is 1.05 bits per heavy atom. The van der Waals surface area contributed by atoms with Gasteiger partial charge in [0.1, 0.15) is 0 Å². The number of nitrogens with one attached hydrogen (secondary N) is 3. The lowest BCUT2D eigenvalue weighted by molar-refractivity contribution is -0.128. The van der Waals surface area contributed by atoms with Crippen molar-refractivity contribution in [3.8, 4) is 0 Å². The van der Waals surface area contributed by atoms with E-state index in [0.717, 1.165) is 12.8 Å². The second kappa shape index (κ2) is 6.77. The van der Waals surface area contributed by atoms with Crippen molar-refractivity contribution in [2.45, 2.75) is 65.0 Å². The quantitative estimate of drug-likeness (QED) is 0.667. The van der Waals surface area contributed by atoms with Crippen molar-refractivity contribution < 1.29 is 9.59 Å². The molecule has 3 N–H and O–H groups in total. The molecule has 2 heterocycles. The van der Waals surface area contributed by atoms with Gasteiger partial charge in [-0.25, -0.2) is 0 Å². The van der Waals surface area contributed by atoms with Crippen LogP contribution >= 0.6 is 0 Å². The molecule has 0 aromatic rings. The number of piperidine rings is 1. The molecule has 0 saturated carbocycles. The number of carbonyl (C=O) groups is 2. The molecule has 5 heteroatoms. The Bertz CT molecular complexity index is 377.